The molecule has 96 valence electrons. The molecule has 0 aliphatic rings. The highest BCUT2D eigenvalue weighted by Gasteiger charge is 2.12. The van der Waals surface area contributed by atoms with E-state index in [1.165, 1.54) is 24.2 Å². The molecule has 0 aliphatic heterocycles. The van der Waals surface area contributed by atoms with Crippen LogP contribution in [0.15, 0.2) is 5.38 Å². The van der Waals surface area contributed by atoms with Gasteiger partial charge in [0, 0.05) is 11.9 Å². The molecular weight excluding hydrogens is 236 g/mol. The molecule has 5 heteroatoms. The van der Waals surface area contributed by atoms with Gasteiger partial charge in [-0.05, 0) is 26.9 Å². The largest absolute Gasteiger partial charge is 0.461 e. The molecule has 17 heavy (non-hydrogen) atoms. The first kappa shape index (κ1) is 14.1. The molecule has 1 aromatic heterocycles. The minimum Gasteiger partial charge on any atom is -0.461 e. The van der Waals surface area contributed by atoms with Crippen molar-refractivity contribution in [2.45, 2.75) is 33.2 Å². The Kier molecular flexibility index (Phi) is 6.15. The van der Waals surface area contributed by atoms with E-state index in [0.717, 1.165) is 18.8 Å². The minimum absolute atomic E-state index is 0.319. The van der Waals surface area contributed by atoms with Crippen molar-refractivity contribution in [2.24, 2.45) is 0 Å². The average Bonchev–Trinajstić information content (AvgIpc) is 2.75. The molecule has 0 amide bonds. The number of thiazole rings is 1. The van der Waals surface area contributed by atoms with Crippen molar-refractivity contribution in [3.8, 4) is 0 Å². The minimum atomic E-state index is -0.319. The predicted molar refractivity (Wildman–Crippen MR) is 69.3 cm³/mol. The Morgan fingerprint density at radius 3 is 2.94 bits per heavy atom. The summed E-state index contributed by atoms with van der Waals surface area (Å²) in [4.78, 5) is 17.9. The van der Waals surface area contributed by atoms with Gasteiger partial charge in [-0.2, -0.15) is 0 Å². The molecule has 1 aromatic rings. The lowest BCUT2D eigenvalue weighted by Gasteiger charge is -2.13. The Labute approximate surface area is 107 Å². The lowest BCUT2D eigenvalue weighted by atomic mass is 10.3. The number of unbranched alkanes of at least 4 members (excludes halogenated alkanes) is 1. The molecule has 0 saturated carbocycles. The summed E-state index contributed by atoms with van der Waals surface area (Å²) >= 11 is 1.35. The van der Waals surface area contributed by atoms with E-state index in [4.69, 9.17) is 4.74 Å². The van der Waals surface area contributed by atoms with Gasteiger partial charge >= 0.3 is 5.97 Å². The SMILES string of the molecule is CCCCN(C)Cc1csc(C(=O)OCC)n1. The van der Waals surface area contributed by atoms with Crippen LogP contribution >= 0.6 is 11.3 Å². The first-order chi connectivity index (χ1) is 8.17. The molecular formula is C12H20N2O2S. The number of hydrogen-bond donors (Lipinski definition) is 0. The second kappa shape index (κ2) is 7.40. The van der Waals surface area contributed by atoms with Crippen LogP contribution in [0, 0.1) is 0 Å². The third-order valence-electron chi connectivity index (χ3n) is 2.33. The smallest absolute Gasteiger partial charge is 0.367 e. The highest BCUT2D eigenvalue weighted by Crippen LogP contribution is 2.12. The molecule has 0 saturated heterocycles. The molecule has 0 aromatic carbocycles. The summed E-state index contributed by atoms with van der Waals surface area (Å²) in [6.45, 7) is 6.21. The Morgan fingerprint density at radius 2 is 2.29 bits per heavy atom. The lowest BCUT2D eigenvalue weighted by molar-refractivity contribution is 0.0525. The van der Waals surface area contributed by atoms with Crippen LogP contribution in [0.4, 0.5) is 0 Å². The highest BCUT2D eigenvalue weighted by molar-refractivity contribution is 7.11. The molecule has 0 spiro atoms. The van der Waals surface area contributed by atoms with Crippen molar-refractivity contribution >= 4 is 17.3 Å². The van der Waals surface area contributed by atoms with Gasteiger partial charge in [-0.15, -0.1) is 11.3 Å². The van der Waals surface area contributed by atoms with E-state index >= 15 is 0 Å². The summed E-state index contributed by atoms with van der Waals surface area (Å²) < 4.78 is 4.91. The zero-order valence-corrected chi connectivity index (χ0v) is 11.5. The fourth-order valence-electron chi connectivity index (χ4n) is 1.45. The number of ether oxygens (including phenoxy) is 1. The second-order valence-corrected chi connectivity index (χ2v) is 4.81. The van der Waals surface area contributed by atoms with Crippen LogP contribution in [0.5, 0.6) is 0 Å². The fourth-order valence-corrected chi connectivity index (χ4v) is 2.15. The molecule has 0 atom stereocenters. The standard InChI is InChI=1S/C12H20N2O2S/c1-4-6-7-14(3)8-10-9-17-11(13-10)12(15)16-5-2/h9H,4-8H2,1-3H3. The lowest BCUT2D eigenvalue weighted by Crippen LogP contribution is -2.19. The Balaban J connectivity index is 2.47. The van der Waals surface area contributed by atoms with Crippen LogP contribution in [0.2, 0.25) is 0 Å². The molecule has 4 nitrogen and oxygen atoms in total. The number of esters is 1. The number of aromatic nitrogens is 1. The maximum atomic E-state index is 11.4. The van der Waals surface area contributed by atoms with Crippen molar-refractivity contribution in [3.63, 3.8) is 0 Å². The molecule has 0 fully saturated rings. The van der Waals surface area contributed by atoms with Crippen molar-refractivity contribution in [1.29, 1.82) is 0 Å². The second-order valence-electron chi connectivity index (χ2n) is 3.96. The number of carbonyl (C=O) groups is 1. The van der Waals surface area contributed by atoms with Gasteiger partial charge in [0.05, 0.1) is 12.3 Å². The van der Waals surface area contributed by atoms with Gasteiger partial charge in [0.25, 0.3) is 0 Å². The van der Waals surface area contributed by atoms with E-state index in [-0.39, 0.29) is 5.97 Å². The summed E-state index contributed by atoms with van der Waals surface area (Å²) in [7, 11) is 2.07. The van der Waals surface area contributed by atoms with E-state index in [9.17, 15) is 4.79 Å². The van der Waals surface area contributed by atoms with Gasteiger partial charge < -0.3 is 9.64 Å². The van der Waals surface area contributed by atoms with Crippen molar-refractivity contribution in [2.75, 3.05) is 20.2 Å². The predicted octanol–water partition coefficient (Wildman–Crippen LogP) is 2.55. The Bertz CT molecular complexity index is 352. The van der Waals surface area contributed by atoms with Gasteiger partial charge in [-0.3, -0.25) is 0 Å². The molecule has 0 unspecified atom stereocenters. The molecule has 1 rings (SSSR count). The number of carbonyl (C=O) groups excluding carboxylic acids is 1. The van der Waals surface area contributed by atoms with E-state index in [1.807, 2.05) is 5.38 Å². The van der Waals surface area contributed by atoms with E-state index in [2.05, 4.69) is 23.9 Å². The fraction of sp³-hybridized carbons (Fsp3) is 0.667. The van der Waals surface area contributed by atoms with Gasteiger partial charge in [0.15, 0.2) is 0 Å². The van der Waals surface area contributed by atoms with E-state index in [1.54, 1.807) is 6.92 Å². The Hall–Kier alpha value is -0.940. The summed E-state index contributed by atoms with van der Waals surface area (Å²) in [5, 5.41) is 2.38. The third kappa shape index (κ3) is 4.83. The highest BCUT2D eigenvalue weighted by atomic mass is 32.1. The monoisotopic (exact) mass is 256 g/mol. The van der Waals surface area contributed by atoms with Crippen molar-refractivity contribution in [3.05, 3.63) is 16.1 Å². The van der Waals surface area contributed by atoms with Crippen LogP contribution in [0.1, 0.15) is 42.2 Å². The zero-order valence-electron chi connectivity index (χ0n) is 10.7. The topological polar surface area (TPSA) is 42.4 Å². The van der Waals surface area contributed by atoms with Crippen molar-refractivity contribution in [1.82, 2.24) is 9.88 Å². The summed E-state index contributed by atoms with van der Waals surface area (Å²) in [5.74, 6) is -0.319. The Morgan fingerprint density at radius 1 is 1.53 bits per heavy atom. The molecule has 0 aliphatic carbocycles. The number of nitrogens with zero attached hydrogens (tertiary/aromatic N) is 2. The first-order valence-corrected chi connectivity index (χ1v) is 6.85. The van der Waals surface area contributed by atoms with Gasteiger partial charge in [-0.1, -0.05) is 13.3 Å². The molecule has 0 radical (unpaired) electrons. The van der Waals surface area contributed by atoms with Crippen LogP contribution < -0.4 is 0 Å². The maximum absolute atomic E-state index is 11.4. The first-order valence-electron chi connectivity index (χ1n) is 5.97. The van der Waals surface area contributed by atoms with Crippen LogP contribution in [0.3, 0.4) is 0 Å². The van der Waals surface area contributed by atoms with E-state index < -0.39 is 0 Å². The van der Waals surface area contributed by atoms with Gasteiger partial charge in [0.2, 0.25) is 5.01 Å². The maximum Gasteiger partial charge on any atom is 0.367 e. The summed E-state index contributed by atoms with van der Waals surface area (Å²) in [6.07, 6.45) is 2.38. The number of rotatable bonds is 7. The normalized spacial score (nSPS) is 10.8. The zero-order chi connectivity index (χ0) is 12.7. The van der Waals surface area contributed by atoms with Crippen LogP contribution in [0.25, 0.3) is 0 Å². The molecule has 0 bridgehead atoms. The quantitative estimate of drug-likeness (QED) is 0.703. The van der Waals surface area contributed by atoms with Gasteiger partial charge in [-0.25, -0.2) is 9.78 Å². The molecule has 1 heterocycles. The summed E-state index contributed by atoms with van der Waals surface area (Å²) in [6, 6.07) is 0. The van der Waals surface area contributed by atoms with E-state index in [0.29, 0.717) is 11.6 Å². The van der Waals surface area contributed by atoms with Gasteiger partial charge in [0.1, 0.15) is 0 Å². The average molecular weight is 256 g/mol. The summed E-state index contributed by atoms with van der Waals surface area (Å²) in [5.41, 5.74) is 0.941. The third-order valence-corrected chi connectivity index (χ3v) is 3.20. The van der Waals surface area contributed by atoms with Crippen molar-refractivity contribution < 1.29 is 9.53 Å². The molecule has 0 N–H and O–H groups in total. The number of hydrogen-bond acceptors (Lipinski definition) is 5. The van der Waals surface area contributed by atoms with Crippen LogP contribution in [-0.2, 0) is 11.3 Å². The van der Waals surface area contributed by atoms with Crippen LogP contribution in [-0.4, -0.2) is 36.1 Å².